The second-order valence-electron chi connectivity index (χ2n) is 6.09. The average Bonchev–Trinajstić information content (AvgIpc) is 2.57. The van der Waals surface area contributed by atoms with Gasteiger partial charge in [0.1, 0.15) is 10.5 Å². The van der Waals surface area contributed by atoms with Gasteiger partial charge in [-0.25, -0.2) is 4.79 Å². The number of benzene rings is 1. The third-order valence-corrected chi connectivity index (χ3v) is 6.35. The van der Waals surface area contributed by atoms with E-state index in [1.54, 1.807) is 19.1 Å². The van der Waals surface area contributed by atoms with Crippen molar-refractivity contribution in [2.45, 2.75) is 32.1 Å². The Balaban J connectivity index is 2.20. The molecule has 6 nitrogen and oxygen atoms in total. The van der Waals surface area contributed by atoms with Crippen LogP contribution in [0.15, 0.2) is 43.9 Å². The highest BCUT2D eigenvalue weighted by molar-refractivity contribution is 9.15. The number of allylic oxidation sites excluding steroid dienone is 1. The Hall–Kier alpha value is -2.19. The van der Waals surface area contributed by atoms with E-state index in [4.69, 9.17) is 8.60 Å². The predicted molar refractivity (Wildman–Crippen MR) is 99.2 cm³/mol. The highest BCUT2D eigenvalue weighted by Crippen LogP contribution is 2.40. The minimum Gasteiger partial charge on any atom is -0.421 e. The lowest BCUT2D eigenvalue weighted by molar-refractivity contribution is 0.0986. The molecule has 0 spiro atoms. The summed E-state index contributed by atoms with van der Waals surface area (Å²) in [6.07, 6.45) is 0.0711. The molecule has 1 aliphatic carbocycles. The number of carbonyl (C=O) groups excluding carboxylic acids is 1. The van der Waals surface area contributed by atoms with E-state index in [1.807, 2.05) is 6.92 Å². The molecule has 0 saturated carbocycles. The molecule has 0 fully saturated rings. The number of hydrogen-bond donors (Lipinski definition) is 0. The zero-order chi connectivity index (χ0) is 19.2. The second-order valence-corrected chi connectivity index (χ2v) is 8.43. The lowest BCUT2D eigenvalue weighted by Gasteiger charge is -2.19. The van der Waals surface area contributed by atoms with Crippen LogP contribution in [-0.4, -0.2) is 14.2 Å². The SMILES string of the molecule is CC1=C(Br)c2oc(=O)c(C)c(OS(=O)(=O)c3ccc(C)cc3)c2C(=O)C1. The molecule has 0 bridgehead atoms. The number of rotatable bonds is 3. The average molecular weight is 439 g/mol. The highest BCUT2D eigenvalue weighted by Gasteiger charge is 2.33. The van der Waals surface area contributed by atoms with Crippen molar-refractivity contribution in [3.05, 3.63) is 62.7 Å². The Kier molecular flexibility index (Phi) is 4.66. The van der Waals surface area contributed by atoms with Crippen LogP contribution in [-0.2, 0) is 10.1 Å². The summed E-state index contributed by atoms with van der Waals surface area (Å²) in [5.74, 6) is -0.670. The van der Waals surface area contributed by atoms with E-state index in [-0.39, 0.29) is 39.7 Å². The quantitative estimate of drug-likeness (QED) is 0.677. The van der Waals surface area contributed by atoms with Crippen LogP contribution in [0.25, 0.3) is 4.48 Å². The second kappa shape index (κ2) is 6.51. The maximum absolute atomic E-state index is 12.6. The van der Waals surface area contributed by atoms with Gasteiger partial charge in [0.2, 0.25) is 0 Å². The van der Waals surface area contributed by atoms with Crippen LogP contribution >= 0.6 is 15.9 Å². The number of hydrogen-bond acceptors (Lipinski definition) is 6. The smallest absolute Gasteiger partial charge is 0.343 e. The van der Waals surface area contributed by atoms with Gasteiger partial charge in [-0.3, -0.25) is 4.79 Å². The topological polar surface area (TPSA) is 90.7 Å². The molecule has 1 aliphatic rings. The van der Waals surface area contributed by atoms with Gasteiger partial charge in [0.15, 0.2) is 17.3 Å². The standard InChI is InChI=1S/C18H15BrO6S/c1-9-4-6-12(7-5-9)26(22,23)25-16-11(3)18(21)24-17-14(16)13(20)8-10(2)15(17)19/h4-7H,8H2,1-3H3. The summed E-state index contributed by atoms with van der Waals surface area (Å²) in [5, 5.41) is 0. The zero-order valence-electron chi connectivity index (χ0n) is 14.3. The largest absolute Gasteiger partial charge is 0.421 e. The molecule has 0 saturated heterocycles. The molecule has 0 aliphatic heterocycles. The first-order valence-corrected chi connectivity index (χ1v) is 9.89. The van der Waals surface area contributed by atoms with Crippen LogP contribution in [0.1, 0.15) is 40.6 Å². The molecule has 1 heterocycles. The lowest BCUT2D eigenvalue weighted by atomic mass is 9.94. The van der Waals surface area contributed by atoms with Crippen LogP contribution < -0.4 is 9.81 Å². The van der Waals surface area contributed by atoms with Crippen molar-refractivity contribution in [1.29, 1.82) is 0 Å². The Morgan fingerprint density at radius 3 is 2.31 bits per heavy atom. The maximum Gasteiger partial charge on any atom is 0.343 e. The van der Waals surface area contributed by atoms with Crippen LogP contribution in [0.2, 0.25) is 0 Å². The highest BCUT2D eigenvalue weighted by atomic mass is 79.9. The number of halogens is 1. The van der Waals surface area contributed by atoms with Gasteiger partial charge < -0.3 is 8.60 Å². The maximum atomic E-state index is 12.6. The summed E-state index contributed by atoms with van der Waals surface area (Å²) in [6.45, 7) is 4.90. The first-order valence-electron chi connectivity index (χ1n) is 7.69. The first kappa shape index (κ1) is 18.6. The molecule has 0 atom stereocenters. The van der Waals surface area contributed by atoms with Crippen molar-refractivity contribution in [2.24, 2.45) is 0 Å². The van der Waals surface area contributed by atoms with Gasteiger partial charge in [0, 0.05) is 6.42 Å². The van der Waals surface area contributed by atoms with Gasteiger partial charge in [-0.1, -0.05) is 17.7 Å². The Bertz CT molecular complexity index is 1110. The van der Waals surface area contributed by atoms with E-state index in [0.717, 1.165) is 5.56 Å². The van der Waals surface area contributed by atoms with E-state index in [2.05, 4.69) is 15.9 Å². The lowest BCUT2D eigenvalue weighted by Crippen LogP contribution is -2.21. The minimum atomic E-state index is -4.22. The fourth-order valence-electron chi connectivity index (χ4n) is 2.58. The Labute approximate surface area is 158 Å². The molecule has 1 aromatic heterocycles. The fraction of sp³-hybridized carbons (Fsp3) is 0.222. The van der Waals surface area contributed by atoms with Gasteiger partial charge >= 0.3 is 15.7 Å². The Morgan fingerprint density at radius 1 is 1.08 bits per heavy atom. The summed E-state index contributed by atoms with van der Waals surface area (Å²) in [5.41, 5.74) is 0.680. The number of fused-ring (bicyclic) bond motifs is 1. The van der Waals surface area contributed by atoms with E-state index in [9.17, 15) is 18.0 Å². The molecule has 26 heavy (non-hydrogen) atoms. The van der Waals surface area contributed by atoms with Gasteiger partial charge in [-0.05, 0) is 54.4 Å². The van der Waals surface area contributed by atoms with Crippen molar-refractivity contribution in [3.63, 3.8) is 0 Å². The normalized spacial score (nSPS) is 14.4. The van der Waals surface area contributed by atoms with Crippen molar-refractivity contribution in [1.82, 2.24) is 0 Å². The van der Waals surface area contributed by atoms with Crippen molar-refractivity contribution in [3.8, 4) is 5.75 Å². The predicted octanol–water partition coefficient (Wildman–Crippen LogP) is 3.74. The van der Waals surface area contributed by atoms with Crippen LogP contribution in [0, 0.1) is 13.8 Å². The molecule has 0 amide bonds. The summed E-state index contributed by atoms with van der Waals surface area (Å²) < 4.78 is 36.1. The van der Waals surface area contributed by atoms with Gasteiger partial charge in [0.05, 0.1) is 10.0 Å². The first-order chi connectivity index (χ1) is 12.1. The fourth-order valence-corrected chi connectivity index (χ4v) is 3.99. The summed E-state index contributed by atoms with van der Waals surface area (Å²) in [4.78, 5) is 24.6. The molecule has 3 rings (SSSR count). The van der Waals surface area contributed by atoms with Crippen molar-refractivity contribution in [2.75, 3.05) is 0 Å². The van der Waals surface area contributed by atoms with E-state index in [0.29, 0.717) is 10.1 Å². The summed E-state index contributed by atoms with van der Waals surface area (Å²) in [6, 6.07) is 6.07. The monoisotopic (exact) mass is 438 g/mol. The number of Topliss-reactive ketones (excluding diaryl/α,β-unsaturated/α-hetero) is 1. The molecule has 0 unspecified atom stereocenters. The molecule has 1 aromatic carbocycles. The van der Waals surface area contributed by atoms with Crippen molar-refractivity contribution < 1.29 is 21.8 Å². The molecule has 136 valence electrons. The van der Waals surface area contributed by atoms with Gasteiger partial charge in [0.25, 0.3) is 0 Å². The molecule has 0 radical (unpaired) electrons. The summed E-state index contributed by atoms with van der Waals surface area (Å²) >= 11 is 3.30. The van der Waals surface area contributed by atoms with E-state index >= 15 is 0 Å². The summed E-state index contributed by atoms with van der Waals surface area (Å²) in [7, 11) is -4.22. The molecule has 0 N–H and O–H groups in total. The van der Waals surface area contributed by atoms with Crippen molar-refractivity contribution >= 4 is 36.3 Å². The zero-order valence-corrected chi connectivity index (χ0v) is 16.7. The third kappa shape index (κ3) is 3.14. The molecular formula is C18H15BrO6S. The number of ketones is 1. The third-order valence-electron chi connectivity index (χ3n) is 4.08. The van der Waals surface area contributed by atoms with E-state index < -0.39 is 15.7 Å². The van der Waals surface area contributed by atoms with Gasteiger partial charge in [-0.2, -0.15) is 8.42 Å². The van der Waals surface area contributed by atoms with Crippen LogP contribution in [0.3, 0.4) is 0 Å². The molecular weight excluding hydrogens is 424 g/mol. The van der Waals surface area contributed by atoms with Crippen LogP contribution in [0.4, 0.5) is 0 Å². The van der Waals surface area contributed by atoms with E-state index in [1.165, 1.54) is 19.1 Å². The number of aryl methyl sites for hydroxylation is 1. The molecule has 8 heteroatoms. The van der Waals surface area contributed by atoms with Crippen LogP contribution in [0.5, 0.6) is 5.75 Å². The van der Waals surface area contributed by atoms with Gasteiger partial charge in [-0.15, -0.1) is 0 Å². The molecule has 2 aromatic rings. The number of carbonyl (C=O) groups is 1. The minimum absolute atomic E-state index is 0.0107. The Morgan fingerprint density at radius 2 is 1.69 bits per heavy atom.